The molecule has 0 N–H and O–H groups in total. The number of carbonyl (C=O) groups excluding carboxylic acids is 2. The number of halogens is 2. The molecule has 1 amide bonds. The van der Waals surface area contributed by atoms with E-state index in [9.17, 15) is 18.0 Å². The van der Waals surface area contributed by atoms with Gasteiger partial charge >= 0.3 is 5.97 Å². The highest BCUT2D eigenvalue weighted by Gasteiger charge is 2.38. The van der Waals surface area contributed by atoms with Crippen LogP contribution in [-0.2, 0) is 37.4 Å². The fourth-order valence-corrected chi connectivity index (χ4v) is 6.84. The van der Waals surface area contributed by atoms with Gasteiger partial charge in [0.1, 0.15) is 11.5 Å². The lowest BCUT2D eigenvalue weighted by Crippen LogP contribution is -2.30. The Balaban J connectivity index is 1.49. The Morgan fingerprint density at radius 2 is 1.56 bits per heavy atom. The molecule has 5 rings (SSSR count). The SMILES string of the molecule is COC(=O)C1=C(C)N(c2ccc(C)cc2)C(=O)/C1=C/c1ccc(CN(Cc2ccc(Cl)cc2Cl)S(=O)(=O)c2ccc(C)cc2)o1. The topological polar surface area (TPSA) is 97.1 Å². The van der Waals surface area contributed by atoms with E-state index in [0.717, 1.165) is 11.1 Å². The predicted molar refractivity (Wildman–Crippen MR) is 174 cm³/mol. The molecule has 0 radical (unpaired) electrons. The molecule has 232 valence electrons. The number of ether oxygens (including phenoxy) is 1. The number of carbonyl (C=O) groups is 2. The number of esters is 1. The van der Waals surface area contributed by atoms with E-state index in [1.807, 2.05) is 26.0 Å². The molecule has 4 aromatic rings. The maximum absolute atomic E-state index is 13.8. The van der Waals surface area contributed by atoms with Gasteiger partial charge in [-0.15, -0.1) is 0 Å². The monoisotopic (exact) mass is 664 g/mol. The van der Waals surface area contributed by atoms with Crippen LogP contribution in [0.4, 0.5) is 5.69 Å². The molecule has 0 aliphatic carbocycles. The van der Waals surface area contributed by atoms with Crippen LogP contribution in [0, 0.1) is 13.8 Å². The van der Waals surface area contributed by atoms with Crippen LogP contribution in [-0.4, -0.2) is 31.7 Å². The first kappa shape index (κ1) is 32.2. The molecular formula is C34H30Cl2N2O6S. The van der Waals surface area contributed by atoms with Gasteiger partial charge in [0.25, 0.3) is 5.91 Å². The largest absolute Gasteiger partial charge is 0.465 e. The first-order chi connectivity index (χ1) is 21.4. The molecule has 1 aromatic heterocycles. The number of sulfonamides is 1. The molecule has 1 aliphatic rings. The Morgan fingerprint density at radius 3 is 2.18 bits per heavy atom. The number of nitrogens with zero attached hydrogens (tertiary/aromatic N) is 2. The zero-order valence-electron chi connectivity index (χ0n) is 25.0. The molecule has 0 saturated carbocycles. The van der Waals surface area contributed by atoms with E-state index in [4.69, 9.17) is 32.4 Å². The van der Waals surface area contributed by atoms with Crippen LogP contribution in [0.15, 0.2) is 105 Å². The van der Waals surface area contributed by atoms with E-state index in [0.29, 0.717) is 32.8 Å². The fraction of sp³-hybridized carbons (Fsp3) is 0.176. The van der Waals surface area contributed by atoms with Crippen LogP contribution < -0.4 is 4.90 Å². The summed E-state index contributed by atoms with van der Waals surface area (Å²) in [4.78, 5) is 28.0. The van der Waals surface area contributed by atoms with Crippen LogP contribution in [0.2, 0.25) is 10.0 Å². The zero-order valence-corrected chi connectivity index (χ0v) is 27.3. The second kappa shape index (κ2) is 13.1. The molecule has 0 atom stereocenters. The lowest BCUT2D eigenvalue weighted by atomic mass is 10.1. The van der Waals surface area contributed by atoms with Gasteiger partial charge in [-0.2, -0.15) is 4.31 Å². The third kappa shape index (κ3) is 6.77. The van der Waals surface area contributed by atoms with E-state index < -0.39 is 21.9 Å². The fourth-order valence-electron chi connectivity index (χ4n) is 4.98. The van der Waals surface area contributed by atoms with Crippen molar-refractivity contribution < 1.29 is 27.2 Å². The summed E-state index contributed by atoms with van der Waals surface area (Å²) in [7, 11) is -2.75. The maximum Gasteiger partial charge on any atom is 0.340 e. The number of amides is 1. The minimum Gasteiger partial charge on any atom is -0.465 e. The number of hydrogen-bond donors (Lipinski definition) is 0. The van der Waals surface area contributed by atoms with Crippen LogP contribution in [0.5, 0.6) is 0 Å². The summed E-state index contributed by atoms with van der Waals surface area (Å²) in [6, 6.07) is 22.0. The Bertz CT molecular complexity index is 1940. The number of benzene rings is 3. The summed E-state index contributed by atoms with van der Waals surface area (Å²) in [6.45, 7) is 5.30. The van der Waals surface area contributed by atoms with Gasteiger partial charge in [0, 0.05) is 28.0 Å². The number of methoxy groups -OCH3 is 1. The second-order valence-corrected chi connectivity index (χ2v) is 13.4. The van der Waals surface area contributed by atoms with Gasteiger partial charge in [-0.3, -0.25) is 9.69 Å². The van der Waals surface area contributed by atoms with Crippen molar-refractivity contribution in [3.8, 4) is 0 Å². The number of rotatable bonds is 9. The molecule has 1 aliphatic heterocycles. The molecule has 11 heteroatoms. The minimum atomic E-state index is -4.00. The molecule has 0 saturated heterocycles. The molecular weight excluding hydrogens is 635 g/mol. The number of anilines is 1. The van der Waals surface area contributed by atoms with Gasteiger partial charge < -0.3 is 9.15 Å². The molecule has 45 heavy (non-hydrogen) atoms. The van der Waals surface area contributed by atoms with Crippen molar-refractivity contribution in [1.29, 1.82) is 0 Å². The number of hydrogen-bond acceptors (Lipinski definition) is 6. The number of furan rings is 1. The summed E-state index contributed by atoms with van der Waals surface area (Å²) in [5.41, 5.74) is 3.73. The van der Waals surface area contributed by atoms with Crippen LogP contribution in [0.25, 0.3) is 6.08 Å². The smallest absolute Gasteiger partial charge is 0.340 e. The Hall–Kier alpha value is -4.15. The van der Waals surface area contributed by atoms with Crippen molar-refractivity contribution in [2.45, 2.75) is 38.8 Å². The van der Waals surface area contributed by atoms with Gasteiger partial charge in [-0.25, -0.2) is 13.2 Å². The van der Waals surface area contributed by atoms with Crippen molar-refractivity contribution in [3.05, 3.63) is 134 Å². The zero-order chi connectivity index (χ0) is 32.5. The van der Waals surface area contributed by atoms with Gasteiger partial charge in [0.05, 0.1) is 29.7 Å². The van der Waals surface area contributed by atoms with E-state index in [1.54, 1.807) is 73.7 Å². The van der Waals surface area contributed by atoms with E-state index >= 15 is 0 Å². The predicted octanol–water partition coefficient (Wildman–Crippen LogP) is 7.47. The van der Waals surface area contributed by atoms with Crippen molar-refractivity contribution >= 4 is 56.9 Å². The van der Waals surface area contributed by atoms with Crippen molar-refractivity contribution in [2.24, 2.45) is 0 Å². The Kier molecular flexibility index (Phi) is 9.36. The van der Waals surface area contributed by atoms with Gasteiger partial charge in [0.15, 0.2) is 0 Å². The third-order valence-electron chi connectivity index (χ3n) is 7.40. The molecule has 0 spiro atoms. The average Bonchev–Trinajstić information content (AvgIpc) is 3.55. The maximum atomic E-state index is 13.8. The number of aryl methyl sites for hydroxylation is 2. The van der Waals surface area contributed by atoms with Crippen molar-refractivity contribution in [3.63, 3.8) is 0 Å². The van der Waals surface area contributed by atoms with E-state index in [-0.39, 0.29) is 34.9 Å². The molecule has 0 unspecified atom stereocenters. The first-order valence-corrected chi connectivity index (χ1v) is 16.1. The summed E-state index contributed by atoms with van der Waals surface area (Å²) < 4.78 is 40.0. The van der Waals surface area contributed by atoms with Gasteiger partial charge in [-0.1, -0.05) is 64.7 Å². The highest BCUT2D eigenvalue weighted by atomic mass is 35.5. The average molecular weight is 666 g/mol. The lowest BCUT2D eigenvalue weighted by molar-refractivity contribution is -0.136. The highest BCUT2D eigenvalue weighted by Crippen LogP contribution is 2.36. The Morgan fingerprint density at radius 1 is 0.911 bits per heavy atom. The normalized spacial score (nSPS) is 14.6. The van der Waals surface area contributed by atoms with Crippen molar-refractivity contribution in [2.75, 3.05) is 12.0 Å². The molecule has 0 fully saturated rings. The number of allylic oxidation sites excluding steroid dienone is 1. The van der Waals surface area contributed by atoms with Crippen molar-refractivity contribution in [1.82, 2.24) is 4.31 Å². The molecule has 8 nitrogen and oxygen atoms in total. The third-order valence-corrected chi connectivity index (χ3v) is 9.80. The highest BCUT2D eigenvalue weighted by molar-refractivity contribution is 7.89. The van der Waals surface area contributed by atoms with E-state index in [1.165, 1.54) is 22.4 Å². The summed E-state index contributed by atoms with van der Waals surface area (Å²) in [5.74, 6) is -0.520. The summed E-state index contributed by atoms with van der Waals surface area (Å²) in [6.07, 6.45) is 1.46. The summed E-state index contributed by atoms with van der Waals surface area (Å²) >= 11 is 12.5. The first-order valence-electron chi connectivity index (χ1n) is 13.9. The second-order valence-electron chi connectivity index (χ2n) is 10.6. The van der Waals surface area contributed by atoms with Crippen LogP contribution in [0.1, 0.15) is 35.1 Å². The van der Waals surface area contributed by atoms with Gasteiger partial charge in [-0.05, 0) is 80.9 Å². The minimum absolute atomic E-state index is 0.0538. The van der Waals surface area contributed by atoms with Crippen LogP contribution in [0.3, 0.4) is 0 Å². The lowest BCUT2D eigenvalue weighted by Gasteiger charge is -2.22. The molecule has 2 heterocycles. The van der Waals surface area contributed by atoms with Gasteiger partial charge in [0.2, 0.25) is 10.0 Å². The summed E-state index contributed by atoms with van der Waals surface area (Å²) in [5, 5.41) is 0.755. The quantitative estimate of drug-likeness (QED) is 0.136. The van der Waals surface area contributed by atoms with Crippen LogP contribution >= 0.6 is 23.2 Å². The standard InChI is InChI=1S/C34H30Cl2N2O6S/c1-21-5-11-26(12-6-21)38-23(3)32(34(40)43-4)30(33(38)39)18-27-13-14-28(44-27)20-37(19-24-9-10-25(35)17-31(24)36)45(41,42)29-15-7-22(2)8-16-29/h5-18H,19-20H2,1-4H3/b30-18+. The van der Waals surface area contributed by atoms with E-state index in [2.05, 4.69) is 0 Å². The Labute approximate surface area is 272 Å². The molecule has 0 bridgehead atoms. The molecule has 3 aromatic carbocycles.